The second kappa shape index (κ2) is 7.02. The van der Waals surface area contributed by atoms with Crippen molar-refractivity contribution in [3.8, 4) is 11.1 Å². The molecule has 4 nitrogen and oxygen atoms in total. The number of alkyl halides is 3. The number of fused-ring (bicyclic) bond motifs is 1. The minimum Gasteiger partial charge on any atom is -0.337 e. The van der Waals surface area contributed by atoms with E-state index < -0.39 is 18.6 Å². The van der Waals surface area contributed by atoms with Crippen LogP contribution in [-0.2, 0) is 11.3 Å². The Hall–Kier alpha value is -2.90. The highest BCUT2D eigenvalue weighted by Gasteiger charge is 2.31. The maximum Gasteiger partial charge on any atom is 0.406 e. The lowest BCUT2D eigenvalue weighted by atomic mass is 10.0. The normalized spacial score (nSPS) is 11.8. The number of carbonyl (C=O) groups is 1. The van der Waals surface area contributed by atoms with Gasteiger partial charge in [-0.1, -0.05) is 6.07 Å². The number of aromatic nitrogens is 2. The molecule has 2 aromatic heterocycles. The number of pyridine rings is 1. The first-order chi connectivity index (χ1) is 12.6. The Labute approximate surface area is 153 Å². The van der Waals surface area contributed by atoms with E-state index in [0.29, 0.717) is 21.5 Å². The molecule has 0 N–H and O–H groups in total. The van der Waals surface area contributed by atoms with Crippen molar-refractivity contribution >= 4 is 16.9 Å². The molecule has 0 spiro atoms. The monoisotopic (exact) mass is 379 g/mol. The standard InChI is InChI=1S/C19H17F4N3O/c1-12-7-13(3-4-15(12)20)14-8-17-16(24-9-14)5-6-26(17)10-18(27)25(2)11-19(21,22)23/h3-9H,10-11H2,1-2H3. The van der Waals surface area contributed by atoms with E-state index in [0.717, 1.165) is 18.2 Å². The third kappa shape index (κ3) is 4.27. The van der Waals surface area contributed by atoms with Gasteiger partial charge in [-0.15, -0.1) is 0 Å². The number of nitrogens with zero attached hydrogens (tertiary/aromatic N) is 3. The predicted octanol–water partition coefficient (Wildman–Crippen LogP) is 4.17. The van der Waals surface area contributed by atoms with E-state index in [2.05, 4.69) is 4.98 Å². The highest BCUT2D eigenvalue weighted by Crippen LogP contribution is 2.25. The fourth-order valence-corrected chi connectivity index (χ4v) is 2.81. The van der Waals surface area contributed by atoms with Gasteiger partial charge in [-0.25, -0.2) is 4.39 Å². The van der Waals surface area contributed by atoms with Crippen LogP contribution in [0.2, 0.25) is 0 Å². The molecule has 0 saturated carbocycles. The summed E-state index contributed by atoms with van der Waals surface area (Å²) >= 11 is 0. The molecule has 3 rings (SSSR count). The smallest absolute Gasteiger partial charge is 0.337 e. The van der Waals surface area contributed by atoms with E-state index in [4.69, 9.17) is 0 Å². The number of aryl methyl sites for hydroxylation is 1. The van der Waals surface area contributed by atoms with Gasteiger partial charge >= 0.3 is 6.18 Å². The van der Waals surface area contributed by atoms with Crippen molar-refractivity contribution in [3.05, 3.63) is 54.1 Å². The SMILES string of the molecule is Cc1cc(-c2cnc3ccn(CC(=O)N(C)CC(F)(F)F)c3c2)ccc1F. The molecule has 0 aliphatic carbocycles. The second-order valence-electron chi connectivity index (χ2n) is 6.40. The van der Waals surface area contributed by atoms with Gasteiger partial charge in [0.1, 0.15) is 18.9 Å². The lowest BCUT2D eigenvalue weighted by molar-refractivity contribution is -0.158. The van der Waals surface area contributed by atoms with Gasteiger partial charge in [-0.3, -0.25) is 9.78 Å². The first-order valence-electron chi connectivity index (χ1n) is 8.16. The van der Waals surface area contributed by atoms with E-state index in [9.17, 15) is 22.4 Å². The van der Waals surface area contributed by atoms with Crippen LogP contribution in [0, 0.1) is 12.7 Å². The fraction of sp³-hybridized carbons (Fsp3) is 0.263. The van der Waals surface area contributed by atoms with E-state index in [-0.39, 0.29) is 12.4 Å². The molecule has 8 heteroatoms. The Morgan fingerprint density at radius 2 is 1.93 bits per heavy atom. The van der Waals surface area contributed by atoms with Crippen molar-refractivity contribution in [1.29, 1.82) is 0 Å². The van der Waals surface area contributed by atoms with Gasteiger partial charge in [-0.2, -0.15) is 13.2 Å². The minimum atomic E-state index is -4.45. The summed E-state index contributed by atoms with van der Waals surface area (Å²) < 4.78 is 52.4. The number of hydrogen-bond acceptors (Lipinski definition) is 2. The number of halogens is 4. The Bertz CT molecular complexity index is 994. The molecule has 0 aliphatic rings. The molecule has 3 aromatic rings. The summed E-state index contributed by atoms with van der Waals surface area (Å²) in [6.45, 7) is 0.121. The molecule has 1 amide bonds. The molecule has 0 saturated heterocycles. The number of rotatable bonds is 4. The largest absolute Gasteiger partial charge is 0.406 e. The van der Waals surface area contributed by atoms with Crippen molar-refractivity contribution in [3.63, 3.8) is 0 Å². The Balaban J connectivity index is 1.89. The van der Waals surface area contributed by atoms with Gasteiger partial charge in [-0.05, 0) is 42.3 Å². The van der Waals surface area contributed by atoms with Crippen molar-refractivity contribution in [2.75, 3.05) is 13.6 Å². The quantitative estimate of drug-likeness (QED) is 0.638. The molecule has 0 atom stereocenters. The van der Waals surface area contributed by atoms with Crippen LogP contribution in [0.25, 0.3) is 22.2 Å². The summed E-state index contributed by atoms with van der Waals surface area (Å²) in [5.74, 6) is -0.970. The number of likely N-dealkylation sites (N-methyl/N-ethyl adjacent to an activating group) is 1. The van der Waals surface area contributed by atoms with Crippen LogP contribution in [0.15, 0.2) is 42.7 Å². The van der Waals surface area contributed by atoms with Crippen molar-refractivity contribution < 1.29 is 22.4 Å². The molecule has 0 fully saturated rings. The van der Waals surface area contributed by atoms with Crippen molar-refractivity contribution in [2.45, 2.75) is 19.6 Å². The Kier molecular flexibility index (Phi) is 4.91. The first-order valence-corrected chi connectivity index (χ1v) is 8.16. The number of benzene rings is 1. The maximum absolute atomic E-state index is 13.5. The van der Waals surface area contributed by atoms with E-state index in [1.165, 1.54) is 6.07 Å². The lowest BCUT2D eigenvalue weighted by Gasteiger charge is -2.19. The first kappa shape index (κ1) is 18.9. The van der Waals surface area contributed by atoms with E-state index >= 15 is 0 Å². The molecular formula is C19H17F4N3O. The van der Waals surface area contributed by atoms with E-state index in [1.54, 1.807) is 48.1 Å². The molecule has 1 aromatic carbocycles. The summed E-state index contributed by atoms with van der Waals surface area (Å²) in [7, 11) is 1.12. The third-order valence-corrected chi connectivity index (χ3v) is 4.26. The number of hydrogen-bond donors (Lipinski definition) is 0. The zero-order valence-electron chi connectivity index (χ0n) is 14.7. The van der Waals surface area contributed by atoms with Crippen LogP contribution in [0.3, 0.4) is 0 Å². The topological polar surface area (TPSA) is 38.1 Å². The Morgan fingerprint density at radius 3 is 2.59 bits per heavy atom. The third-order valence-electron chi connectivity index (χ3n) is 4.26. The maximum atomic E-state index is 13.5. The van der Waals surface area contributed by atoms with Crippen LogP contribution in [-0.4, -0.2) is 40.1 Å². The van der Waals surface area contributed by atoms with Gasteiger partial charge in [0.25, 0.3) is 0 Å². The summed E-state index contributed by atoms with van der Waals surface area (Å²) in [5.41, 5.74) is 3.21. The molecule has 142 valence electrons. The Morgan fingerprint density at radius 1 is 1.19 bits per heavy atom. The fourth-order valence-electron chi connectivity index (χ4n) is 2.81. The summed E-state index contributed by atoms with van der Waals surface area (Å²) in [4.78, 5) is 17.1. The second-order valence-corrected chi connectivity index (χ2v) is 6.40. The summed E-state index contributed by atoms with van der Waals surface area (Å²) in [6, 6.07) is 8.15. The molecule has 27 heavy (non-hydrogen) atoms. The molecule has 2 heterocycles. The van der Waals surface area contributed by atoms with Crippen LogP contribution in [0.1, 0.15) is 5.56 Å². The van der Waals surface area contributed by atoms with Crippen molar-refractivity contribution in [2.24, 2.45) is 0 Å². The van der Waals surface area contributed by atoms with Gasteiger partial charge in [0.05, 0.1) is 11.0 Å². The lowest BCUT2D eigenvalue weighted by Crippen LogP contribution is -2.37. The molecule has 0 bridgehead atoms. The summed E-state index contributed by atoms with van der Waals surface area (Å²) in [6.07, 6.45) is -1.20. The van der Waals surface area contributed by atoms with Crippen LogP contribution >= 0.6 is 0 Å². The van der Waals surface area contributed by atoms with Gasteiger partial charge in [0.2, 0.25) is 5.91 Å². The van der Waals surface area contributed by atoms with Crippen LogP contribution < -0.4 is 0 Å². The zero-order valence-corrected chi connectivity index (χ0v) is 14.7. The number of amides is 1. The molecule has 0 unspecified atom stereocenters. The van der Waals surface area contributed by atoms with Crippen LogP contribution in [0.4, 0.5) is 17.6 Å². The van der Waals surface area contributed by atoms with Crippen molar-refractivity contribution in [1.82, 2.24) is 14.5 Å². The molecule has 0 aliphatic heterocycles. The zero-order chi connectivity index (χ0) is 19.8. The van der Waals surface area contributed by atoms with Gasteiger partial charge in [0, 0.05) is 25.0 Å². The molecular weight excluding hydrogens is 362 g/mol. The highest BCUT2D eigenvalue weighted by molar-refractivity contribution is 5.84. The number of carbonyl (C=O) groups excluding carboxylic acids is 1. The summed E-state index contributed by atoms with van der Waals surface area (Å²) in [5, 5.41) is 0. The van der Waals surface area contributed by atoms with E-state index in [1.807, 2.05) is 0 Å². The average molecular weight is 379 g/mol. The highest BCUT2D eigenvalue weighted by atomic mass is 19.4. The van der Waals surface area contributed by atoms with Crippen LogP contribution in [0.5, 0.6) is 0 Å². The predicted molar refractivity (Wildman–Crippen MR) is 93.6 cm³/mol. The van der Waals surface area contributed by atoms with Gasteiger partial charge in [0.15, 0.2) is 0 Å². The minimum absolute atomic E-state index is 0.232. The average Bonchev–Trinajstić information content (AvgIpc) is 2.98. The van der Waals surface area contributed by atoms with Gasteiger partial charge < -0.3 is 9.47 Å². The molecule has 0 radical (unpaired) electrons.